The molecule has 1 aromatic heterocycles. The summed E-state index contributed by atoms with van der Waals surface area (Å²) in [5.41, 5.74) is 1.46. The highest BCUT2D eigenvalue weighted by atomic mass is 35.5. The van der Waals surface area contributed by atoms with Gasteiger partial charge in [0.15, 0.2) is 5.82 Å². The van der Waals surface area contributed by atoms with E-state index in [0.29, 0.717) is 24.5 Å². The van der Waals surface area contributed by atoms with Crippen LogP contribution in [0.25, 0.3) is 0 Å². The third-order valence-corrected chi connectivity index (χ3v) is 7.43. The lowest BCUT2D eigenvalue weighted by atomic mass is 10.2. The number of sulfonamides is 1. The van der Waals surface area contributed by atoms with Gasteiger partial charge in [-0.3, -0.25) is 0 Å². The zero-order valence-corrected chi connectivity index (χ0v) is 21.2. The summed E-state index contributed by atoms with van der Waals surface area (Å²) in [5.74, 6) is 0.416. The highest BCUT2D eigenvalue weighted by Gasteiger charge is 2.32. The molecule has 1 fully saturated rings. The second-order valence-electron chi connectivity index (χ2n) is 8.05. The van der Waals surface area contributed by atoms with Gasteiger partial charge < -0.3 is 14.2 Å². The van der Waals surface area contributed by atoms with Crippen LogP contribution in [0, 0.1) is 5.82 Å². The van der Waals surface area contributed by atoms with Crippen LogP contribution in [-0.2, 0) is 27.8 Å². The van der Waals surface area contributed by atoms with E-state index in [1.807, 2.05) is 0 Å². The first-order chi connectivity index (χ1) is 16.4. The maximum atomic E-state index is 14.9. The lowest BCUT2D eigenvalue weighted by Crippen LogP contribution is -2.31. The van der Waals surface area contributed by atoms with Gasteiger partial charge in [-0.05, 0) is 54.7 Å². The van der Waals surface area contributed by atoms with Crippen LogP contribution in [0.3, 0.4) is 0 Å². The minimum absolute atomic E-state index is 0. The average Bonchev–Trinajstić information content (AvgIpc) is 3.27. The summed E-state index contributed by atoms with van der Waals surface area (Å²) in [6.07, 6.45) is 3.12. The molecule has 1 aliphatic rings. The first kappa shape index (κ1) is 26.9. The molecule has 0 radical (unpaired) electrons. The van der Waals surface area contributed by atoms with Gasteiger partial charge in [0, 0.05) is 19.7 Å². The highest BCUT2D eigenvalue weighted by Crippen LogP contribution is 2.27. The molecule has 1 saturated heterocycles. The number of nitrogens with zero attached hydrogens (tertiary/aromatic N) is 3. The molecule has 8 nitrogen and oxygen atoms in total. The molecule has 2 heterocycles. The van der Waals surface area contributed by atoms with Crippen molar-refractivity contribution >= 4 is 22.4 Å². The van der Waals surface area contributed by atoms with Crippen LogP contribution in [0.2, 0.25) is 0 Å². The molecule has 0 saturated carbocycles. The molecule has 4 rings (SSSR count). The van der Waals surface area contributed by atoms with Crippen molar-refractivity contribution in [1.82, 2.24) is 14.1 Å². The van der Waals surface area contributed by atoms with Gasteiger partial charge in [-0.25, -0.2) is 17.5 Å². The lowest BCUT2D eigenvalue weighted by Gasteiger charge is -2.23. The number of aromatic nitrogens is 2. The molecule has 1 unspecified atom stereocenters. The Morgan fingerprint density at radius 1 is 1.00 bits per heavy atom. The Morgan fingerprint density at radius 3 is 2.00 bits per heavy atom. The SMILES string of the molecule is COc1ccc(CN(Cc2ccc(OC)cc2)S(=O)(=O)c2nn(C3CCCCO3)cc2F)cc1.Cl. The zero-order chi connectivity index (χ0) is 24.1. The van der Waals surface area contributed by atoms with Gasteiger partial charge in [0.1, 0.15) is 17.7 Å². The maximum absolute atomic E-state index is 14.9. The fourth-order valence-corrected chi connectivity index (χ4v) is 5.20. The van der Waals surface area contributed by atoms with E-state index in [9.17, 15) is 12.8 Å². The molecule has 0 bridgehead atoms. The van der Waals surface area contributed by atoms with E-state index < -0.39 is 27.1 Å². The molecule has 1 aliphatic heterocycles. The summed E-state index contributed by atoms with van der Waals surface area (Å²) in [6.45, 7) is 0.602. The van der Waals surface area contributed by atoms with E-state index in [2.05, 4.69) is 5.10 Å². The number of methoxy groups -OCH3 is 2. The van der Waals surface area contributed by atoms with Gasteiger partial charge in [-0.1, -0.05) is 24.3 Å². The second-order valence-corrected chi connectivity index (χ2v) is 9.91. The van der Waals surface area contributed by atoms with E-state index >= 15 is 0 Å². The molecule has 11 heteroatoms. The van der Waals surface area contributed by atoms with Crippen LogP contribution in [-0.4, -0.2) is 43.3 Å². The van der Waals surface area contributed by atoms with Gasteiger partial charge in [0.25, 0.3) is 10.0 Å². The molecule has 190 valence electrons. The molecule has 2 aromatic carbocycles. The van der Waals surface area contributed by atoms with Crippen molar-refractivity contribution in [3.05, 3.63) is 71.7 Å². The summed E-state index contributed by atoms with van der Waals surface area (Å²) >= 11 is 0. The van der Waals surface area contributed by atoms with Crippen molar-refractivity contribution in [3.8, 4) is 11.5 Å². The number of ether oxygens (including phenoxy) is 3. The summed E-state index contributed by atoms with van der Waals surface area (Å²) < 4.78 is 60.7. The molecule has 3 aromatic rings. The predicted molar refractivity (Wildman–Crippen MR) is 131 cm³/mol. The quantitative estimate of drug-likeness (QED) is 0.407. The van der Waals surface area contributed by atoms with Gasteiger partial charge in [0.05, 0.1) is 20.4 Å². The summed E-state index contributed by atoms with van der Waals surface area (Å²) in [6, 6.07) is 14.1. The maximum Gasteiger partial charge on any atom is 0.266 e. The number of hydrogen-bond acceptors (Lipinski definition) is 6. The number of hydrogen-bond donors (Lipinski definition) is 0. The first-order valence-electron chi connectivity index (χ1n) is 11.0. The van der Waals surface area contributed by atoms with Gasteiger partial charge in [-0.15, -0.1) is 12.4 Å². The average molecular weight is 526 g/mol. The lowest BCUT2D eigenvalue weighted by molar-refractivity contribution is -0.0402. The Bertz CT molecular complexity index is 1150. The van der Waals surface area contributed by atoms with E-state index in [4.69, 9.17) is 14.2 Å². The van der Waals surface area contributed by atoms with Gasteiger partial charge in [-0.2, -0.15) is 9.40 Å². The normalized spacial score (nSPS) is 16.1. The molecular weight excluding hydrogens is 497 g/mol. The molecule has 0 spiro atoms. The van der Waals surface area contributed by atoms with Crippen LogP contribution in [0.5, 0.6) is 11.5 Å². The highest BCUT2D eigenvalue weighted by molar-refractivity contribution is 7.89. The fraction of sp³-hybridized carbons (Fsp3) is 0.375. The van der Waals surface area contributed by atoms with E-state index in [1.165, 1.54) is 8.99 Å². The Labute approximate surface area is 211 Å². The van der Waals surface area contributed by atoms with Crippen molar-refractivity contribution in [2.24, 2.45) is 0 Å². The van der Waals surface area contributed by atoms with Gasteiger partial charge in [0.2, 0.25) is 5.03 Å². The Hall–Kier alpha value is -2.66. The smallest absolute Gasteiger partial charge is 0.266 e. The van der Waals surface area contributed by atoms with E-state index in [0.717, 1.165) is 30.2 Å². The van der Waals surface area contributed by atoms with Crippen molar-refractivity contribution in [2.75, 3.05) is 20.8 Å². The van der Waals surface area contributed by atoms with Gasteiger partial charge >= 0.3 is 0 Å². The van der Waals surface area contributed by atoms with Crippen LogP contribution in [0.1, 0.15) is 36.6 Å². The third-order valence-electron chi connectivity index (χ3n) is 5.73. The second kappa shape index (κ2) is 11.9. The Morgan fingerprint density at radius 2 is 1.54 bits per heavy atom. The standard InChI is InChI=1S/C24H28FN3O5S.ClH/c1-31-20-10-6-18(7-11-20)15-27(16-19-8-12-21(32-2)13-9-19)34(29,30)24-22(25)17-28(26-24)23-5-3-4-14-33-23;/h6-13,17,23H,3-5,14-16H2,1-2H3;1H. The van der Waals surface area contributed by atoms with Crippen molar-refractivity contribution in [1.29, 1.82) is 0 Å². The monoisotopic (exact) mass is 525 g/mol. The number of benzene rings is 2. The molecule has 1 atom stereocenters. The van der Waals surface area contributed by atoms with Crippen molar-refractivity contribution in [2.45, 2.75) is 43.6 Å². The topological polar surface area (TPSA) is 82.9 Å². The summed E-state index contributed by atoms with van der Waals surface area (Å²) in [4.78, 5) is 0. The van der Waals surface area contributed by atoms with E-state index in [1.54, 1.807) is 62.8 Å². The Kier molecular flexibility index (Phi) is 9.12. The van der Waals surface area contributed by atoms with Crippen LogP contribution in [0.4, 0.5) is 4.39 Å². The van der Waals surface area contributed by atoms with Crippen molar-refractivity contribution in [3.63, 3.8) is 0 Å². The molecular formula is C24H29ClFN3O5S. The molecule has 0 N–H and O–H groups in total. The number of halogens is 2. The third kappa shape index (κ3) is 6.32. The molecule has 35 heavy (non-hydrogen) atoms. The summed E-state index contributed by atoms with van der Waals surface area (Å²) in [5, 5.41) is 3.50. The first-order valence-corrected chi connectivity index (χ1v) is 12.5. The fourth-order valence-electron chi connectivity index (χ4n) is 3.82. The zero-order valence-electron chi connectivity index (χ0n) is 19.6. The van der Waals surface area contributed by atoms with E-state index in [-0.39, 0.29) is 25.5 Å². The molecule has 0 amide bonds. The minimum atomic E-state index is -4.27. The van der Waals surface area contributed by atoms with Crippen molar-refractivity contribution < 1.29 is 27.0 Å². The minimum Gasteiger partial charge on any atom is -0.497 e. The van der Waals surface area contributed by atoms with Crippen LogP contribution in [0.15, 0.2) is 59.8 Å². The largest absolute Gasteiger partial charge is 0.497 e. The Balaban J connectivity index is 0.00000342. The van der Waals surface area contributed by atoms with Crippen LogP contribution < -0.4 is 9.47 Å². The summed E-state index contributed by atoms with van der Waals surface area (Å²) in [7, 11) is -1.15. The molecule has 0 aliphatic carbocycles. The van der Waals surface area contributed by atoms with Crippen LogP contribution >= 0.6 is 12.4 Å². The number of rotatable bonds is 9. The predicted octanol–water partition coefficient (Wildman–Crippen LogP) is 4.55.